The van der Waals surface area contributed by atoms with E-state index in [2.05, 4.69) is 18.7 Å². The van der Waals surface area contributed by atoms with Crippen LogP contribution in [0.1, 0.15) is 36.4 Å². The lowest BCUT2D eigenvalue weighted by Gasteiger charge is -2.36. The number of hydrogen-bond donors (Lipinski definition) is 0. The molecule has 2 unspecified atom stereocenters. The third-order valence-corrected chi connectivity index (χ3v) is 4.29. The smallest absolute Gasteiger partial charge is 0.172 e. The van der Waals surface area contributed by atoms with Crippen LogP contribution in [0.2, 0.25) is 0 Å². The summed E-state index contributed by atoms with van der Waals surface area (Å²) >= 11 is 1.53. The van der Waals surface area contributed by atoms with Crippen molar-refractivity contribution in [3.63, 3.8) is 0 Å². The number of ketones is 1. The number of carbonyl (C=O) groups excluding carboxylic acids is 1. The maximum absolute atomic E-state index is 11.9. The highest BCUT2D eigenvalue weighted by atomic mass is 32.1. The molecule has 2 heterocycles. The van der Waals surface area contributed by atoms with E-state index in [-0.39, 0.29) is 5.78 Å². The quantitative estimate of drug-likeness (QED) is 0.768. The number of thiophene rings is 1. The Kier molecular flexibility index (Phi) is 4.92. The van der Waals surface area contributed by atoms with E-state index in [4.69, 9.17) is 4.74 Å². The minimum absolute atomic E-state index is 0.277. The predicted molar refractivity (Wildman–Crippen MR) is 74.3 cm³/mol. The zero-order chi connectivity index (χ0) is 13.0. The largest absolute Gasteiger partial charge is 0.376 e. The SMILES string of the molecule is CC1CN(CCCC(=O)c2cccs2)C(C)CO1. The maximum atomic E-state index is 11.9. The van der Waals surface area contributed by atoms with E-state index in [1.807, 2.05) is 17.5 Å². The van der Waals surface area contributed by atoms with Crippen molar-refractivity contribution in [2.75, 3.05) is 19.7 Å². The second-order valence-electron chi connectivity index (χ2n) is 4.99. The van der Waals surface area contributed by atoms with Crippen LogP contribution in [0, 0.1) is 0 Å². The molecule has 0 bridgehead atoms. The molecule has 4 heteroatoms. The van der Waals surface area contributed by atoms with Gasteiger partial charge in [-0.25, -0.2) is 0 Å². The van der Waals surface area contributed by atoms with Crippen LogP contribution in [-0.2, 0) is 4.74 Å². The molecule has 1 saturated heterocycles. The highest BCUT2D eigenvalue weighted by molar-refractivity contribution is 7.12. The summed E-state index contributed by atoms with van der Waals surface area (Å²) in [5, 5.41) is 1.96. The molecule has 0 saturated carbocycles. The molecule has 0 aromatic carbocycles. The summed E-state index contributed by atoms with van der Waals surface area (Å²) in [7, 11) is 0. The van der Waals surface area contributed by atoms with Crippen LogP contribution in [0.3, 0.4) is 0 Å². The minimum atomic E-state index is 0.277. The van der Waals surface area contributed by atoms with Gasteiger partial charge in [-0.1, -0.05) is 6.07 Å². The van der Waals surface area contributed by atoms with Crippen LogP contribution in [0.5, 0.6) is 0 Å². The summed E-state index contributed by atoms with van der Waals surface area (Å²) < 4.78 is 5.60. The van der Waals surface area contributed by atoms with Crippen LogP contribution >= 0.6 is 11.3 Å². The number of ether oxygens (including phenoxy) is 1. The monoisotopic (exact) mass is 267 g/mol. The summed E-state index contributed by atoms with van der Waals surface area (Å²) in [6, 6.07) is 4.31. The average molecular weight is 267 g/mol. The molecule has 0 N–H and O–H groups in total. The lowest BCUT2D eigenvalue weighted by Crippen LogP contribution is -2.47. The van der Waals surface area contributed by atoms with E-state index in [9.17, 15) is 4.79 Å². The van der Waals surface area contributed by atoms with E-state index >= 15 is 0 Å². The van der Waals surface area contributed by atoms with Crippen LogP contribution < -0.4 is 0 Å². The predicted octanol–water partition coefficient (Wildman–Crippen LogP) is 2.82. The van der Waals surface area contributed by atoms with E-state index < -0.39 is 0 Å². The number of morpholine rings is 1. The molecule has 1 aliphatic heterocycles. The Balaban J connectivity index is 1.73. The van der Waals surface area contributed by atoms with Gasteiger partial charge in [-0.3, -0.25) is 9.69 Å². The Hall–Kier alpha value is -0.710. The number of carbonyl (C=O) groups is 1. The highest BCUT2D eigenvalue weighted by Crippen LogP contribution is 2.15. The molecule has 2 atom stereocenters. The van der Waals surface area contributed by atoms with Gasteiger partial charge in [0.25, 0.3) is 0 Å². The lowest BCUT2D eigenvalue weighted by atomic mass is 10.1. The third kappa shape index (κ3) is 3.64. The van der Waals surface area contributed by atoms with Crippen molar-refractivity contribution in [1.29, 1.82) is 0 Å². The number of rotatable bonds is 5. The van der Waals surface area contributed by atoms with Gasteiger partial charge in [0.15, 0.2) is 5.78 Å². The summed E-state index contributed by atoms with van der Waals surface area (Å²) in [5.41, 5.74) is 0. The fourth-order valence-corrected chi connectivity index (χ4v) is 2.98. The zero-order valence-corrected chi connectivity index (χ0v) is 11.9. The van der Waals surface area contributed by atoms with Gasteiger partial charge in [0.1, 0.15) is 0 Å². The first-order chi connectivity index (χ1) is 8.66. The number of hydrogen-bond acceptors (Lipinski definition) is 4. The molecular weight excluding hydrogens is 246 g/mol. The first-order valence-electron chi connectivity index (χ1n) is 6.59. The molecule has 1 aliphatic rings. The van der Waals surface area contributed by atoms with E-state index in [0.29, 0.717) is 18.6 Å². The molecule has 0 spiro atoms. The van der Waals surface area contributed by atoms with Crippen molar-refractivity contribution in [3.05, 3.63) is 22.4 Å². The van der Waals surface area contributed by atoms with Crippen molar-refractivity contribution in [1.82, 2.24) is 4.90 Å². The van der Waals surface area contributed by atoms with Gasteiger partial charge in [-0.05, 0) is 38.3 Å². The average Bonchev–Trinajstić information content (AvgIpc) is 2.87. The molecule has 2 rings (SSSR count). The molecule has 100 valence electrons. The third-order valence-electron chi connectivity index (χ3n) is 3.38. The Labute approximate surface area is 113 Å². The van der Waals surface area contributed by atoms with E-state index in [1.165, 1.54) is 11.3 Å². The Morgan fingerprint density at radius 3 is 3.11 bits per heavy atom. The molecule has 1 aromatic heterocycles. The molecule has 3 nitrogen and oxygen atoms in total. The zero-order valence-electron chi connectivity index (χ0n) is 11.1. The molecule has 18 heavy (non-hydrogen) atoms. The van der Waals surface area contributed by atoms with Gasteiger partial charge >= 0.3 is 0 Å². The number of Topliss-reactive ketones (excluding diaryl/α,β-unsaturated/α-hetero) is 1. The highest BCUT2D eigenvalue weighted by Gasteiger charge is 2.22. The summed E-state index contributed by atoms with van der Waals surface area (Å²) in [6.07, 6.45) is 1.90. The first-order valence-corrected chi connectivity index (χ1v) is 7.47. The summed E-state index contributed by atoms with van der Waals surface area (Å²) in [5.74, 6) is 0.277. The van der Waals surface area contributed by atoms with Gasteiger partial charge in [0.05, 0.1) is 17.6 Å². The van der Waals surface area contributed by atoms with Crippen LogP contribution in [0.4, 0.5) is 0 Å². The van der Waals surface area contributed by atoms with Crippen molar-refractivity contribution < 1.29 is 9.53 Å². The molecule has 1 fully saturated rings. The van der Waals surface area contributed by atoms with Gasteiger partial charge in [-0.15, -0.1) is 11.3 Å². The van der Waals surface area contributed by atoms with Crippen molar-refractivity contribution >= 4 is 17.1 Å². The minimum Gasteiger partial charge on any atom is -0.376 e. The van der Waals surface area contributed by atoms with Gasteiger partial charge < -0.3 is 4.74 Å². The van der Waals surface area contributed by atoms with Crippen molar-refractivity contribution in [2.45, 2.75) is 38.8 Å². The van der Waals surface area contributed by atoms with Crippen molar-refractivity contribution in [2.24, 2.45) is 0 Å². The van der Waals surface area contributed by atoms with E-state index in [1.54, 1.807) is 0 Å². The first kappa shape index (κ1) is 13.7. The molecular formula is C14H21NO2S. The normalized spacial score (nSPS) is 25.2. The van der Waals surface area contributed by atoms with E-state index in [0.717, 1.165) is 31.0 Å². The second-order valence-corrected chi connectivity index (χ2v) is 5.94. The Morgan fingerprint density at radius 2 is 2.39 bits per heavy atom. The van der Waals surface area contributed by atoms with Gasteiger partial charge in [0.2, 0.25) is 0 Å². The molecule has 0 amide bonds. The molecule has 0 radical (unpaired) electrons. The van der Waals surface area contributed by atoms with Crippen molar-refractivity contribution in [3.8, 4) is 0 Å². The maximum Gasteiger partial charge on any atom is 0.172 e. The van der Waals surface area contributed by atoms with Gasteiger partial charge in [0, 0.05) is 19.0 Å². The van der Waals surface area contributed by atoms with Gasteiger partial charge in [-0.2, -0.15) is 0 Å². The van der Waals surface area contributed by atoms with Crippen LogP contribution in [0.15, 0.2) is 17.5 Å². The Morgan fingerprint density at radius 1 is 1.56 bits per heavy atom. The van der Waals surface area contributed by atoms with Crippen LogP contribution in [0.25, 0.3) is 0 Å². The topological polar surface area (TPSA) is 29.5 Å². The standard InChI is InChI=1S/C14H21NO2S/c1-11-10-17-12(2)9-15(11)7-3-5-13(16)14-6-4-8-18-14/h4,6,8,11-12H,3,5,7,9-10H2,1-2H3. The fraction of sp³-hybridized carbons (Fsp3) is 0.643. The number of nitrogens with zero attached hydrogens (tertiary/aromatic N) is 1. The molecule has 1 aromatic rings. The molecule has 0 aliphatic carbocycles. The Bertz CT molecular complexity index is 377. The summed E-state index contributed by atoms with van der Waals surface area (Å²) in [6.45, 7) is 7.07. The second kappa shape index (κ2) is 6.45. The summed E-state index contributed by atoms with van der Waals surface area (Å²) in [4.78, 5) is 15.2. The lowest BCUT2D eigenvalue weighted by molar-refractivity contribution is -0.0494. The van der Waals surface area contributed by atoms with Crippen LogP contribution in [-0.4, -0.2) is 42.5 Å². The fourth-order valence-electron chi connectivity index (χ4n) is 2.29.